The molecule has 0 aliphatic rings. The van der Waals surface area contributed by atoms with Gasteiger partial charge < -0.3 is 5.11 Å². The first kappa shape index (κ1) is 14.4. The third-order valence-corrected chi connectivity index (χ3v) is 4.32. The fourth-order valence-corrected chi connectivity index (χ4v) is 3.01. The second-order valence-corrected chi connectivity index (χ2v) is 5.91. The summed E-state index contributed by atoms with van der Waals surface area (Å²) in [6.45, 7) is 2.27. The fourth-order valence-electron chi connectivity index (χ4n) is 3.01. The molecule has 0 heterocycles. The van der Waals surface area contributed by atoms with E-state index in [1.54, 1.807) is 12.1 Å². The van der Waals surface area contributed by atoms with Crippen LogP contribution >= 0.6 is 0 Å². The summed E-state index contributed by atoms with van der Waals surface area (Å²) in [5.74, 6) is 0.305. The lowest BCUT2D eigenvalue weighted by Gasteiger charge is -2.31. The van der Waals surface area contributed by atoms with E-state index in [4.69, 9.17) is 0 Å². The Hall–Kier alpha value is -2.54. The Labute approximate surface area is 131 Å². The van der Waals surface area contributed by atoms with E-state index in [1.165, 1.54) is 16.7 Å². The molecule has 3 aromatic rings. The molecule has 0 aliphatic carbocycles. The monoisotopic (exact) mass is 288 g/mol. The quantitative estimate of drug-likeness (QED) is 0.721. The lowest BCUT2D eigenvalue weighted by Crippen LogP contribution is -2.26. The van der Waals surface area contributed by atoms with Crippen molar-refractivity contribution in [2.45, 2.75) is 18.8 Å². The zero-order chi connectivity index (χ0) is 15.4. The molecule has 0 aromatic heterocycles. The van der Waals surface area contributed by atoms with Crippen LogP contribution in [0.4, 0.5) is 0 Å². The van der Waals surface area contributed by atoms with Crippen LogP contribution in [0.15, 0.2) is 84.9 Å². The molecule has 0 saturated heterocycles. The third-order valence-electron chi connectivity index (χ3n) is 4.32. The second-order valence-electron chi connectivity index (χ2n) is 5.91. The van der Waals surface area contributed by atoms with Crippen LogP contribution in [-0.2, 0) is 11.8 Å². The normalized spacial score (nSPS) is 13.5. The molecule has 0 spiro atoms. The number of phenols is 1. The Morgan fingerprint density at radius 1 is 0.682 bits per heavy atom. The van der Waals surface area contributed by atoms with Crippen LogP contribution in [0.2, 0.25) is 0 Å². The highest BCUT2D eigenvalue weighted by atomic mass is 16.3. The van der Waals surface area contributed by atoms with Gasteiger partial charge in [-0.2, -0.15) is 0 Å². The highest BCUT2D eigenvalue weighted by Gasteiger charge is 2.29. The van der Waals surface area contributed by atoms with Crippen LogP contribution in [0.5, 0.6) is 5.75 Å². The molecule has 0 aliphatic heterocycles. The first-order valence-electron chi connectivity index (χ1n) is 7.57. The maximum Gasteiger partial charge on any atom is 0.115 e. The summed E-state index contributed by atoms with van der Waals surface area (Å²) in [4.78, 5) is 0. The van der Waals surface area contributed by atoms with E-state index in [0.717, 1.165) is 6.42 Å². The van der Waals surface area contributed by atoms with E-state index < -0.39 is 0 Å². The van der Waals surface area contributed by atoms with Crippen molar-refractivity contribution in [1.29, 1.82) is 0 Å². The molecule has 0 bridgehead atoms. The molecule has 1 N–H and O–H groups in total. The van der Waals surface area contributed by atoms with Crippen molar-refractivity contribution in [2.24, 2.45) is 0 Å². The Bertz CT molecular complexity index is 717. The van der Waals surface area contributed by atoms with Gasteiger partial charge in [-0.3, -0.25) is 0 Å². The standard InChI is InChI=1S/C21H20O/c1-21(18-10-6-3-7-11-18,16-17-8-4-2-5-9-17)19-12-14-20(22)15-13-19/h2-15,22H,16H2,1H3. The first-order valence-corrected chi connectivity index (χ1v) is 7.57. The Morgan fingerprint density at radius 3 is 1.77 bits per heavy atom. The van der Waals surface area contributed by atoms with E-state index in [0.29, 0.717) is 5.75 Å². The number of phenolic OH excluding ortho intramolecular Hbond substituents is 1. The third kappa shape index (κ3) is 2.89. The van der Waals surface area contributed by atoms with E-state index in [1.807, 2.05) is 24.3 Å². The molecule has 1 unspecified atom stereocenters. The summed E-state index contributed by atoms with van der Waals surface area (Å²) >= 11 is 0. The van der Waals surface area contributed by atoms with Crippen LogP contribution in [0.25, 0.3) is 0 Å². The maximum atomic E-state index is 9.58. The van der Waals surface area contributed by atoms with E-state index in [-0.39, 0.29) is 5.41 Å². The van der Waals surface area contributed by atoms with Gasteiger partial charge in [-0.15, -0.1) is 0 Å². The molecule has 0 amide bonds. The summed E-state index contributed by atoms with van der Waals surface area (Å²) in [6, 6.07) is 28.7. The average Bonchev–Trinajstić information content (AvgIpc) is 2.57. The van der Waals surface area contributed by atoms with E-state index in [9.17, 15) is 5.11 Å². The molecule has 0 saturated carbocycles. The Balaban J connectivity index is 2.07. The molecule has 22 heavy (non-hydrogen) atoms. The highest BCUT2D eigenvalue weighted by Crippen LogP contribution is 2.36. The largest absolute Gasteiger partial charge is 0.508 e. The summed E-state index contributed by atoms with van der Waals surface area (Å²) in [7, 11) is 0. The predicted octanol–water partition coefficient (Wildman–Crippen LogP) is 4.94. The van der Waals surface area contributed by atoms with Gasteiger partial charge in [0.1, 0.15) is 5.75 Å². The van der Waals surface area contributed by atoms with Crippen LogP contribution in [0.1, 0.15) is 23.6 Å². The molecule has 0 fully saturated rings. The van der Waals surface area contributed by atoms with Gasteiger partial charge in [0.15, 0.2) is 0 Å². The van der Waals surface area contributed by atoms with Gasteiger partial charge >= 0.3 is 0 Å². The van der Waals surface area contributed by atoms with Crippen molar-refractivity contribution in [2.75, 3.05) is 0 Å². The average molecular weight is 288 g/mol. The predicted molar refractivity (Wildman–Crippen MR) is 91.1 cm³/mol. The fraction of sp³-hybridized carbons (Fsp3) is 0.143. The number of benzene rings is 3. The second kappa shape index (κ2) is 6.07. The van der Waals surface area contributed by atoms with Crippen molar-refractivity contribution in [3.05, 3.63) is 102 Å². The van der Waals surface area contributed by atoms with Crippen molar-refractivity contribution in [3.8, 4) is 5.75 Å². The number of rotatable bonds is 4. The lowest BCUT2D eigenvalue weighted by molar-refractivity contribution is 0.474. The van der Waals surface area contributed by atoms with Gasteiger partial charge in [0.25, 0.3) is 0 Å². The minimum Gasteiger partial charge on any atom is -0.508 e. The number of hydrogen-bond acceptors (Lipinski definition) is 1. The SMILES string of the molecule is CC(Cc1ccccc1)(c1ccccc1)c1ccc(O)cc1. The van der Waals surface area contributed by atoms with Crippen molar-refractivity contribution in [3.63, 3.8) is 0 Å². The van der Waals surface area contributed by atoms with Gasteiger partial charge in [-0.05, 0) is 35.2 Å². The lowest BCUT2D eigenvalue weighted by atomic mass is 9.72. The van der Waals surface area contributed by atoms with Crippen LogP contribution in [0.3, 0.4) is 0 Å². The zero-order valence-electron chi connectivity index (χ0n) is 12.7. The molecule has 1 atom stereocenters. The minimum absolute atomic E-state index is 0.129. The van der Waals surface area contributed by atoms with Gasteiger partial charge in [0, 0.05) is 5.41 Å². The summed E-state index contributed by atoms with van der Waals surface area (Å²) in [5, 5.41) is 9.58. The zero-order valence-corrected chi connectivity index (χ0v) is 12.7. The molecule has 3 aromatic carbocycles. The summed E-state index contributed by atoms with van der Waals surface area (Å²) < 4.78 is 0. The molecule has 1 heteroatoms. The number of hydrogen-bond donors (Lipinski definition) is 1. The minimum atomic E-state index is -0.129. The Morgan fingerprint density at radius 2 is 1.18 bits per heavy atom. The molecule has 1 nitrogen and oxygen atoms in total. The Kier molecular flexibility index (Phi) is 3.97. The first-order chi connectivity index (χ1) is 10.7. The molecular formula is C21H20O. The van der Waals surface area contributed by atoms with Gasteiger partial charge in [0.2, 0.25) is 0 Å². The molecule has 0 radical (unpaired) electrons. The van der Waals surface area contributed by atoms with Crippen LogP contribution in [-0.4, -0.2) is 5.11 Å². The van der Waals surface area contributed by atoms with Crippen molar-refractivity contribution < 1.29 is 5.11 Å². The summed E-state index contributed by atoms with van der Waals surface area (Å²) in [6.07, 6.45) is 0.919. The van der Waals surface area contributed by atoms with Gasteiger partial charge in [-0.1, -0.05) is 79.7 Å². The number of aromatic hydroxyl groups is 1. The molecular weight excluding hydrogens is 268 g/mol. The van der Waals surface area contributed by atoms with Gasteiger partial charge in [-0.25, -0.2) is 0 Å². The van der Waals surface area contributed by atoms with Crippen molar-refractivity contribution >= 4 is 0 Å². The smallest absolute Gasteiger partial charge is 0.115 e. The van der Waals surface area contributed by atoms with Crippen molar-refractivity contribution in [1.82, 2.24) is 0 Å². The molecule has 110 valence electrons. The maximum absolute atomic E-state index is 9.58. The van der Waals surface area contributed by atoms with Crippen LogP contribution in [0, 0.1) is 0 Å². The summed E-state index contributed by atoms with van der Waals surface area (Å²) in [5.41, 5.74) is 3.67. The van der Waals surface area contributed by atoms with E-state index >= 15 is 0 Å². The van der Waals surface area contributed by atoms with Gasteiger partial charge in [0.05, 0.1) is 0 Å². The molecule has 3 rings (SSSR count). The highest BCUT2D eigenvalue weighted by molar-refractivity contribution is 5.42. The van der Waals surface area contributed by atoms with Crippen LogP contribution < -0.4 is 0 Å². The topological polar surface area (TPSA) is 20.2 Å². The van der Waals surface area contributed by atoms with E-state index in [2.05, 4.69) is 55.5 Å².